The summed E-state index contributed by atoms with van der Waals surface area (Å²) in [5.41, 5.74) is 9.89. The number of hydrazine groups is 1. The molecular formula is C25H32FN3O2. The van der Waals surface area contributed by atoms with Crippen molar-refractivity contribution in [3.8, 4) is 5.75 Å². The minimum absolute atomic E-state index is 0.162. The van der Waals surface area contributed by atoms with Crippen molar-refractivity contribution in [3.05, 3.63) is 65.0 Å². The van der Waals surface area contributed by atoms with Gasteiger partial charge in [0.1, 0.15) is 11.6 Å². The van der Waals surface area contributed by atoms with E-state index in [1.165, 1.54) is 11.6 Å². The highest BCUT2D eigenvalue weighted by Gasteiger charge is 2.24. The quantitative estimate of drug-likeness (QED) is 0.598. The summed E-state index contributed by atoms with van der Waals surface area (Å²) in [7, 11) is 1.89. The van der Waals surface area contributed by atoms with E-state index in [9.17, 15) is 9.18 Å². The van der Waals surface area contributed by atoms with E-state index >= 15 is 0 Å². The first-order valence-corrected chi connectivity index (χ1v) is 11.3. The molecule has 2 heterocycles. The SMILES string of the molecule is CN(CCCCCC1CC(c2cccc(F)c2)NN1)C(=O)Cc1ccc2c(c1)CCO2. The number of carbonyl (C=O) groups excluding carboxylic acids is 1. The van der Waals surface area contributed by atoms with Crippen LogP contribution in [0.2, 0.25) is 0 Å². The van der Waals surface area contributed by atoms with Crippen LogP contribution in [0.5, 0.6) is 5.75 Å². The van der Waals surface area contributed by atoms with E-state index in [0.29, 0.717) is 12.5 Å². The number of rotatable bonds is 9. The molecule has 2 aliphatic rings. The lowest BCUT2D eigenvalue weighted by molar-refractivity contribution is -0.129. The van der Waals surface area contributed by atoms with Crippen LogP contribution in [0.4, 0.5) is 4.39 Å². The third-order valence-electron chi connectivity index (χ3n) is 6.31. The minimum Gasteiger partial charge on any atom is -0.493 e. The Bertz CT molecular complexity index is 904. The number of fused-ring (bicyclic) bond motifs is 1. The summed E-state index contributed by atoms with van der Waals surface area (Å²) in [4.78, 5) is 14.4. The second-order valence-electron chi connectivity index (χ2n) is 8.71. The number of nitrogens with zero attached hydrogens (tertiary/aromatic N) is 1. The summed E-state index contributed by atoms with van der Waals surface area (Å²) < 4.78 is 19.0. The van der Waals surface area contributed by atoms with Crippen LogP contribution in [-0.2, 0) is 17.6 Å². The van der Waals surface area contributed by atoms with Gasteiger partial charge in [-0.2, -0.15) is 0 Å². The molecule has 0 saturated carbocycles. The van der Waals surface area contributed by atoms with Crippen molar-refractivity contribution in [2.24, 2.45) is 0 Å². The molecule has 166 valence electrons. The summed E-state index contributed by atoms with van der Waals surface area (Å²) in [6, 6.07) is 13.5. The van der Waals surface area contributed by atoms with Crippen LogP contribution in [0, 0.1) is 5.82 Å². The van der Waals surface area contributed by atoms with Gasteiger partial charge in [0, 0.05) is 32.1 Å². The Hall–Kier alpha value is -2.44. The Morgan fingerprint density at radius 2 is 2.06 bits per heavy atom. The fourth-order valence-corrected chi connectivity index (χ4v) is 4.45. The molecule has 1 amide bonds. The van der Waals surface area contributed by atoms with Crippen LogP contribution in [0.15, 0.2) is 42.5 Å². The molecule has 0 radical (unpaired) electrons. The Balaban J connectivity index is 1.11. The second-order valence-corrected chi connectivity index (χ2v) is 8.71. The first kappa shape index (κ1) is 21.8. The number of nitrogens with one attached hydrogen (secondary N) is 2. The lowest BCUT2D eigenvalue weighted by Gasteiger charge is -2.17. The lowest BCUT2D eigenvalue weighted by Crippen LogP contribution is -2.31. The molecule has 2 aromatic carbocycles. The molecule has 0 spiro atoms. The van der Waals surface area contributed by atoms with Gasteiger partial charge in [-0.25, -0.2) is 4.39 Å². The standard InChI is InChI=1S/C25H32FN3O2/c1-29(25(30)15-18-9-10-24-20(14-18)11-13-31-24)12-4-2-3-8-22-17-23(28-27-22)19-6-5-7-21(26)16-19/h5-7,9-10,14,16,22-23,27-28H,2-4,8,11-13,15,17H2,1H3. The number of hydrogen-bond acceptors (Lipinski definition) is 4. The first-order valence-electron chi connectivity index (χ1n) is 11.3. The van der Waals surface area contributed by atoms with Crippen molar-refractivity contribution in [1.82, 2.24) is 15.8 Å². The number of carbonyl (C=O) groups is 1. The topological polar surface area (TPSA) is 53.6 Å². The van der Waals surface area contributed by atoms with Gasteiger partial charge in [-0.3, -0.25) is 15.6 Å². The molecule has 2 aliphatic heterocycles. The Labute approximate surface area is 183 Å². The number of hydrogen-bond donors (Lipinski definition) is 2. The summed E-state index contributed by atoms with van der Waals surface area (Å²) >= 11 is 0. The van der Waals surface area contributed by atoms with E-state index in [-0.39, 0.29) is 17.8 Å². The van der Waals surface area contributed by atoms with Gasteiger partial charge in [-0.15, -0.1) is 0 Å². The van der Waals surface area contributed by atoms with Gasteiger partial charge in [0.25, 0.3) is 0 Å². The van der Waals surface area contributed by atoms with Gasteiger partial charge in [0.15, 0.2) is 0 Å². The van der Waals surface area contributed by atoms with Gasteiger partial charge < -0.3 is 9.64 Å². The van der Waals surface area contributed by atoms with E-state index in [0.717, 1.165) is 68.6 Å². The van der Waals surface area contributed by atoms with Gasteiger partial charge in [0.05, 0.1) is 13.0 Å². The van der Waals surface area contributed by atoms with Gasteiger partial charge in [0.2, 0.25) is 5.91 Å². The molecule has 31 heavy (non-hydrogen) atoms. The molecule has 1 saturated heterocycles. The number of halogens is 1. The van der Waals surface area contributed by atoms with Crippen LogP contribution in [0.1, 0.15) is 54.8 Å². The fraction of sp³-hybridized carbons (Fsp3) is 0.480. The van der Waals surface area contributed by atoms with Crippen LogP contribution in [0.25, 0.3) is 0 Å². The number of likely N-dealkylation sites (N-methyl/N-ethyl adjacent to an activating group) is 1. The zero-order chi connectivity index (χ0) is 21.6. The van der Waals surface area contributed by atoms with Gasteiger partial charge in [-0.05, 0) is 54.2 Å². The number of benzene rings is 2. The molecule has 5 nitrogen and oxygen atoms in total. The monoisotopic (exact) mass is 425 g/mol. The third kappa shape index (κ3) is 5.83. The molecule has 2 atom stereocenters. The van der Waals surface area contributed by atoms with Gasteiger partial charge in [-0.1, -0.05) is 37.1 Å². The van der Waals surface area contributed by atoms with Crippen LogP contribution in [-0.4, -0.2) is 37.0 Å². The zero-order valence-corrected chi connectivity index (χ0v) is 18.2. The summed E-state index contributed by atoms with van der Waals surface area (Å²) in [6.45, 7) is 1.53. The molecule has 6 heteroatoms. The molecular weight excluding hydrogens is 393 g/mol. The lowest BCUT2D eigenvalue weighted by atomic mass is 9.99. The molecule has 0 aromatic heterocycles. The highest BCUT2D eigenvalue weighted by Crippen LogP contribution is 2.26. The number of unbranched alkanes of at least 4 members (excludes halogenated alkanes) is 2. The predicted octanol–water partition coefficient (Wildman–Crippen LogP) is 3.93. The molecule has 4 rings (SSSR count). The zero-order valence-electron chi connectivity index (χ0n) is 18.2. The van der Waals surface area contributed by atoms with Crippen molar-refractivity contribution >= 4 is 5.91 Å². The van der Waals surface area contributed by atoms with E-state index in [1.807, 2.05) is 30.1 Å². The van der Waals surface area contributed by atoms with E-state index in [2.05, 4.69) is 16.9 Å². The Morgan fingerprint density at radius 3 is 2.94 bits per heavy atom. The molecule has 0 bridgehead atoms. The number of amides is 1. The van der Waals surface area contributed by atoms with Crippen molar-refractivity contribution in [2.75, 3.05) is 20.2 Å². The van der Waals surface area contributed by atoms with Crippen molar-refractivity contribution in [1.29, 1.82) is 0 Å². The average Bonchev–Trinajstić information content (AvgIpc) is 3.42. The maximum atomic E-state index is 13.4. The maximum absolute atomic E-state index is 13.4. The number of ether oxygens (including phenoxy) is 1. The van der Waals surface area contributed by atoms with Crippen molar-refractivity contribution < 1.29 is 13.9 Å². The van der Waals surface area contributed by atoms with E-state index in [1.54, 1.807) is 12.1 Å². The highest BCUT2D eigenvalue weighted by molar-refractivity contribution is 5.78. The Kier molecular flexibility index (Phi) is 7.20. The van der Waals surface area contributed by atoms with E-state index < -0.39 is 0 Å². The molecule has 1 fully saturated rings. The van der Waals surface area contributed by atoms with Crippen LogP contribution < -0.4 is 15.6 Å². The van der Waals surface area contributed by atoms with Gasteiger partial charge >= 0.3 is 0 Å². The fourth-order valence-electron chi connectivity index (χ4n) is 4.45. The van der Waals surface area contributed by atoms with Crippen LogP contribution >= 0.6 is 0 Å². The average molecular weight is 426 g/mol. The first-order chi connectivity index (χ1) is 15.1. The van der Waals surface area contributed by atoms with E-state index in [4.69, 9.17) is 4.74 Å². The Morgan fingerprint density at radius 1 is 1.16 bits per heavy atom. The third-order valence-corrected chi connectivity index (χ3v) is 6.31. The molecule has 0 aliphatic carbocycles. The van der Waals surface area contributed by atoms with Crippen LogP contribution in [0.3, 0.4) is 0 Å². The largest absolute Gasteiger partial charge is 0.493 e. The van der Waals surface area contributed by atoms with Crippen molar-refractivity contribution in [3.63, 3.8) is 0 Å². The molecule has 2 N–H and O–H groups in total. The summed E-state index contributed by atoms with van der Waals surface area (Å²) in [5.74, 6) is 0.934. The minimum atomic E-state index is -0.188. The second kappa shape index (κ2) is 10.2. The summed E-state index contributed by atoms with van der Waals surface area (Å²) in [5, 5.41) is 0. The normalized spacial score (nSPS) is 19.8. The molecule has 2 aromatic rings. The summed E-state index contributed by atoms with van der Waals surface area (Å²) in [6.07, 6.45) is 6.64. The van der Waals surface area contributed by atoms with Crippen molar-refractivity contribution in [2.45, 2.75) is 57.0 Å². The molecule has 2 unspecified atom stereocenters. The maximum Gasteiger partial charge on any atom is 0.226 e. The highest BCUT2D eigenvalue weighted by atomic mass is 19.1. The smallest absolute Gasteiger partial charge is 0.226 e. The predicted molar refractivity (Wildman–Crippen MR) is 119 cm³/mol.